The van der Waals surface area contributed by atoms with Gasteiger partial charge < -0.3 is 9.64 Å². The first kappa shape index (κ1) is 17.7. The van der Waals surface area contributed by atoms with Gasteiger partial charge in [-0.25, -0.2) is 22.9 Å². The number of rotatable bonds is 3. The van der Waals surface area contributed by atoms with E-state index in [2.05, 4.69) is 9.71 Å². The molecule has 0 radical (unpaired) electrons. The lowest BCUT2D eigenvalue weighted by Gasteiger charge is -2.33. The molecule has 1 fully saturated rings. The number of carbonyl (C=O) groups is 1. The summed E-state index contributed by atoms with van der Waals surface area (Å²) in [7, 11) is -3.62. The van der Waals surface area contributed by atoms with Crippen molar-refractivity contribution in [2.45, 2.75) is 50.3 Å². The monoisotopic (exact) mass is 341 g/mol. The van der Waals surface area contributed by atoms with Crippen molar-refractivity contribution < 1.29 is 17.9 Å². The van der Waals surface area contributed by atoms with E-state index in [9.17, 15) is 13.2 Å². The molecule has 0 spiro atoms. The van der Waals surface area contributed by atoms with Crippen LogP contribution in [0.15, 0.2) is 29.4 Å². The molecule has 1 N–H and O–H groups in total. The van der Waals surface area contributed by atoms with Crippen LogP contribution in [-0.2, 0) is 14.8 Å². The molecular weight excluding hydrogens is 318 g/mol. The van der Waals surface area contributed by atoms with Crippen molar-refractivity contribution in [1.82, 2.24) is 14.6 Å². The largest absolute Gasteiger partial charge is 0.444 e. The van der Waals surface area contributed by atoms with Crippen molar-refractivity contribution in [1.29, 1.82) is 0 Å². The third kappa shape index (κ3) is 5.18. The van der Waals surface area contributed by atoms with Gasteiger partial charge >= 0.3 is 6.09 Å². The number of pyridine rings is 1. The number of sulfonamides is 1. The number of nitrogens with one attached hydrogen (secondary N) is 1. The Kier molecular flexibility index (Phi) is 5.26. The van der Waals surface area contributed by atoms with Crippen LogP contribution in [0.4, 0.5) is 4.79 Å². The molecule has 1 saturated heterocycles. The van der Waals surface area contributed by atoms with Crippen LogP contribution in [-0.4, -0.2) is 49.1 Å². The molecule has 1 amide bonds. The average Bonchev–Trinajstić information content (AvgIpc) is 2.47. The zero-order valence-corrected chi connectivity index (χ0v) is 14.5. The van der Waals surface area contributed by atoms with Crippen LogP contribution in [0.2, 0.25) is 0 Å². The molecule has 0 unspecified atom stereocenters. The van der Waals surface area contributed by atoms with E-state index in [1.807, 2.05) is 20.8 Å². The number of carbonyl (C=O) groups excluding carboxylic acids is 1. The lowest BCUT2D eigenvalue weighted by Crippen LogP contribution is -2.47. The number of aromatic nitrogens is 1. The minimum absolute atomic E-state index is 0.00886. The fourth-order valence-corrected chi connectivity index (χ4v) is 3.54. The normalized spacial score (nSPS) is 17.1. The molecule has 0 aliphatic carbocycles. The van der Waals surface area contributed by atoms with E-state index in [1.165, 1.54) is 12.3 Å². The Bertz CT molecular complexity index is 632. The van der Waals surface area contributed by atoms with Gasteiger partial charge in [0, 0.05) is 25.3 Å². The van der Waals surface area contributed by atoms with Crippen LogP contribution in [0.1, 0.15) is 33.6 Å². The molecule has 1 aliphatic heterocycles. The second-order valence-electron chi connectivity index (χ2n) is 6.53. The number of amides is 1. The van der Waals surface area contributed by atoms with Crippen LogP contribution in [0.5, 0.6) is 0 Å². The molecule has 2 rings (SSSR count). The predicted octanol–water partition coefficient (Wildman–Crippen LogP) is 1.76. The van der Waals surface area contributed by atoms with Gasteiger partial charge in [0.05, 0.1) is 0 Å². The zero-order valence-electron chi connectivity index (χ0n) is 13.7. The maximum Gasteiger partial charge on any atom is 0.410 e. The quantitative estimate of drug-likeness (QED) is 0.905. The molecule has 0 atom stereocenters. The summed E-state index contributed by atoms with van der Waals surface area (Å²) >= 11 is 0. The number of hydrogen-bond donors (Lipinski definition) is 1. The van der Waals surface area contributed by atoms with E-state index in [0.29, 0.717) is 25.9 Å². The summed E-state index contributed by atoms with van der Waals surface area (Å²) < 4.78 is 32.4. The summed E-state index contributed by atoms with van der Waals surface area (Å²) in [5.74, 6) is 0. The highest BCUT2D eigenvalue weighted by atomic mass is 32.2. The van der Waals surface area contributed by atoms with E-state index < -0.39 is 15.6 Å². The maximum atomic E-state index is 12.2. The third-order valence-corrected chi connectivity index (χ3v) is 4.82. The summed E-state index contributed by atoms with van der Waals surface area (Å²) in [5, 5.41) is 0.00886. The highest BCUT2D eigenvalue weighted by molar-refractivity contribution is 7.89. The van der Waals surface area contributed by atoms with E-state index in [-0.39, 0.29) is 17.2 Å². The van der Waals surface area contributed by atoms with Crippen LogP contribution in [0.3, 0.4) is 0 Å². The fraction of sp³-hybridized carbons (Fsp3) is 0.600. The molecule has 23 heavy (non-hydrogen) atoms. The van der Waals surface area contributed by atoms with Gasteiger partial charge in [-0.2, -0.15) is 0 Å². The second-order valence-corrected chi connectivity index (χ2v) is 8.19. The molecule has 1 aliphatic rings. The van der Waals surface area contributed by atoms with Gasteiger partial charge in [-0.1, -0.05) is 6.07 Å². The Morgan fingerprint density at radius 1 is 1.30 bits per heavy atom. The summed E-state index contributed by atoms with van der Waals surface area (Å²) in [4.78, 5) is 17.5. The Morgan fingerprint density at radius 3 is 2.48 bits per heavy atom. The number of ether oxygens (including phenoxy) is 1. The Balaban J connectivity index is 1.89. The Labute approximate surface area is 137 Å². The molecule has 1 aromatic heterocycles. The van der Waals surface area contributed by atoms with Crippen LogP contribution in [0.25, 0.3) is 0 Å². The first-order valence-corrected chi connectivity index (χ1v) is 9.07. The summed E-state index contributed by atoms with van der Waals surface area (Å²) in [6.07, 6.45) is 2.18. The van der Waals surface area contributed by atoms with Crippen LogP contribution < -0.4 is 4.72 Å². The molecule has 7 nitrogen and oxygen atoms in total. The predicted molar refractivity (Wildman–Crippen MR) is 85.4 cm³/mol. The summed E-state index contributed by atoms with van der Waals surface area (Å²) in [6.45, 7) is 6.38. The Morgan fingerprint density at radius 2 is 1.96 bits per heavy atom. The lowest BCUT2D eigenvalue weighted by molar-refractivity contribution is 0.0203. The van der Waals surface area contributed by atoms with E-state index >= 15 is 0 Å². The molecular formula is C15H23N3O4S. The van der Waals surface area contributed by atoms with Gasteiger partial charge in [-0.15, -0.1) is 0 Å². The molecule has 1 aromatic rings. The lowest BCUT2D eigenvalue weighted by atomic mass is 10.1. The topological polar surface area (TPSA) is 88.6 Å². The molecule has 8 heteroatoms. The smallest absolute Gasteiger partial charge is 0.410 e. The summed E-state index contributed by atoms with van der Waals surface area (Å²) in [5.41, 5.74) is -0.533. The highest BCUT2D eigenvalue weighted by Gasteiger charge is 2.29. The van der Waals surface area contributed by atoms with Gasteiger partial charge in [0.1, 0.15) is 5.60 Å². The molecule has 0 aromatic carbocycles. The van der Waals surface area contributed by atoms with E-state index in [4.69, 9.17) is 4.74 Å². The molecule has 2 heterocycles. The van der Waals surface area contributed by atoms with Gasteiger partial charge in [0.25, 0.3) is 10.0 Å². The molecule has 0 bridgehead atoms. The van der Waals surface area contributed by atoms with E-state index in [0.717, 1.165) is 0 Å². The fourth-order valence-electron chi connectivity index (χ4n) is 2.29. The first-order chi connectivity index (χ1) is 10.7. The maximum absolute atomic E-state index is 12.2. The molecule has 128 valence electrons. The van der Waals surface area contributed by atoms with Gasteiger partial charge in [0.2, 0.25) is 0 Å². The minimum Gasteiger partial charge on any atom is -0.444 e. The highest BCUT2D eigenvalue weighted by Crippen LogP contribution is 2.17. The average molecular weight is 341 g/mol. The van der Waals surface area contributed by atoms with Gasteiger partial charge in [-0.3, -0.25) is 0 Å². The van der Waals surface area contributed by atoms with Crippen molar-refractivity contribution in [3.63, 3.8) is 0 Å². The number of hydrogen-bond acceptors (Lipinski definition) is 5. The second kappa shape index (κ2) is 6.84. The third-order valence-electron chi connectivity index (χ3n) is 3.38. The van der Waals surface area contributed by atoms with Crippen molar-refractivity contribution in [3.05, 3.63) is 24.4 Å². The number of piperidine rings is 1. The standard InChI is InChI=1S/C15H23N3O4S/c1-15(2,3)22-14(19)18-10-7-12(8-11-18)17-23(20,21)13-6-4-5-9-16-13/h4-6,9,12,17H,7-8,10-11H2,1-3H3. The van der Waals surface area contributed by atoms with Crippen LogP contribution >= 0.6 is 0 Å². The zero-order chi connectivity index (χ0) is 17.1. The van der Waals surface area contributed by atoms with Gasteiger partial charge in [-0.05, 0) is 45.7 Å². The van der Waals surface area contributed by atoms with Crippen LogP contribution in [0, 0.1) is 0 Å². The SMILES string of the molecule is CC(C)(C)OC(=O)N1CCC(NS(=O)(=O)c2ccccn2)CC1. The van der Waals surface area contributed by atoms with Crippen molar-refractivity contribution >= 4 is 16.1 Å². The minimum atomic E-state index is -3.62. The van der Waals surface area contributed by atoms with Crippen molar-refractivity contribution in [2.24, 2.45) is 0 Å². The van der Waals surface area contributed by atoms with Crippen molar-refractivity contribution in [2.75, 3.05) is 13.1 Å². The van der Waals surface area contributed by atoms with Crippen molar-refractivity contribution in [3.8, 4) is 0 Å². The van der Waals surface area contributed by atoms with Gasteiger partial charge in [0.15, 0.2) is 5.03 Å². The number of likely N-dealkylation sites (tertiary alicyclic amines) is 1. The van der Waals surface area contributed by atoms with E-state index in [1.54, 1.807) is 17.0 Å². The Hall–Kier alpha value is -1.67. The molecule has 0 saturated carbocycles. The summed E-state index contributed by atoms with van der Waals surface area (Å²) in [6, 6.07) is 4.55. The number of nitrogens with zero attached hydrogens (tertiary/aromatic N) is 2. The first-order valence-electron chi connectivity index (χ1n) is 7.59.